The fourth-order valence-electron chi connectivity index (χ4n) is 4.00. The fourth-order valence-corrected chi connectivity index (χ4v) is 5.00. The van der Waals surface area contributed by atoms with E-state index in [2.05, 4.69) is 10.1 Å². The molecule has 4 heterocycles. The highest BCUT2D eigenvalue weighted by Crippen LogP contribution is 2.36. The number of thiazole rings is 1. The van der Waals surface area contributed by atoms with Crippen molar-refractivity contribution in [3.8, 4) is 11.5 Å². The summed E-state index contributed by atoms with van der Waals surface area (Å²) < 4.78 is 13.0. The molecule has 2 aromatic carbocycles. The second-order valence-corrected chi connectivity index (χ2v) is 8.49. The van der Waals surface area contributed by atoms with E-state index in [0.717, 1.165) is 11.3 Å². The Kier molecular flexibility index (Phi) is 4.20. The summed E-state index contributed by atoms with van der Waals surface area (Å²) in [5, 5.41) is 4.34. The average molecular weight is 461 g/mol. The molecule has 2 amide bonds. The summed E-state index contributed by atoms with van der Waals surface area (Å²) in [7, 11) is 0. The van der Waals surface area contributed by atoms with Crippen LogP contribution in [0.15, 0.2) is 53.3 Å². The SMILES string of the molecule is NC(=O)CN1C(=O)/C(=c2\sc3nc([C@@H]4COc5ccccc5O4)nn3c2=O)c2ccccc21. The standard InChI is InChI=1S/C22H15N5O5S/c23-16(28)9-26-12-6-2-1-5-11(12)17(20(26)29)18-21(30)27-22(33-18)24-19(25-27)15-10-31-13-7-3-4-8-14(13)32-15/h1-8,15H,9-10H2,(H2,23,28)/b18-17-/t15-/m0/s1. The molecule has 0 fully saturated rings. The molecule has 4 aromatic rings. The van der Waals surface area contributed by atoms with Crippen molar-refractivity contribution in [2.45, 2.75) is 6.10 Å². The first-order valence-corrected chi connectivity index (χ1v) is 10.8. The molecule has 2 N–H and O–H groups in total. The minimum Gasteiger partial charge on any atom is -0.485 e. The summed E-state index contributed by atoms with van der Waals surface area (Å²) >= 11 is 1.06. The van der Waals surface area contributed by atoms with Crippen LogP contribution in [0.3, 0.4) is 0 Å². The zero-order valence-electron chi connectivity index (χ0n) is 16.9. The van der Waals surface area contributed by atoms with Gasteiger partial charge >= 0.3 is 0 Å². The lowest BCUT2D eigenvalue weighted by Crippen LogP contribution is -2.37. The molecule has 33 heavy (non-hydrogen) atoms. The Bertz CT molecular complexity index is 1580. The van der Waals surface area contributed by atoms with Crippen LogP contribution in [0.1, 0.15) is 17.5 Å². The topological polar surface area (TPSA) is 129 Å². The van der Waals surface area contributed by atoms with Gasteiger partial charge < -0.3 is 15.2 Å². The van der Waals surface area contributed by atoms with E-state index in [0.29, 0.717) is 33.5 Å². The molecule has 2 aliphatic rings. The number of carbonyl (C=O) groups excluding carboxylic acids is 2. The number of ether oxygens (including phenoxy) is 2. The second-order valence-electron chi connectivity index (χ2n) is 7.51. The van der Waals surface area contributed by atoms with Crippen LogP contribution in [0.5, 0.6) is 11.5 Å². The number of benzene rings is 2. The third-order valence-corrected chi connectivity index (χ3v) is 6.46. The lowest BCUT2D eigenvalue weighted by molar-refractivity contribution is -0.119. The highest BCUT2D eigenvalue weighted by molar-refractivity contribution is 7.15. The van der Waals surface area contributed by atoms with Crippen LogP contribution in [-0.2, 0) is 9.59 Å². The van der Waals surface area contributed by atoms with E-state index in [1.54, 1.807) is 30.3 Å². The first-order valence-electron chi connectivity index (χ1n) is 10.0. The number of anilines is 1. The average Bonchev–Trinajstić information content (AvgIpc) is 3.45. The smallest absolute Gasteiger partial charge is 0.291 e. The van der Waals surface area contributed by atoms with Crippen molar-refractivity contribution < 1.29 is 19.1 Å². The first kappa shape index (κ1) is 19.4. The molecule has 6 rings (SSSR count). The molecule has 0 radical (unpaired) electrons. The third kappa shape index (κ3) is 2.97. The van der Waals surface area contributed by atoms with Gasteiger partial charge in [-0.3, -0.25) is 19.3 Å². The maximum Gasteiger partial charge on any atom is 0.291 e. The van der Waals surface area contributed by atoms with E-state index >= 15 is 0 Å². The maximum atomic E-state index is 13.2. The molecule has 0 bridgehead atoms. The Balaban J connectivity index is 1.44. The van der Waals surface area contributed by atoms with E-state index < -0.39 is 23.5 Å². The summed E-state index contributed by atoms with van der Waals surface area (Å²) in [4.78, 5) is 43.9. The Hall–Kier alpha value is -4.25. The van der Waals surface area contributed by atoms with Crippen LogP contribution in [-0.4, -0.2) is 39.6 Å². The van der Waals surface area contributed by atoms with Crippen LogP contribution < -0.4 is 30.2 Å². The number of nitrogens with zero attached hydrogens (tertiary/aromatic N) is 4. The highest BCUT2D eigenvalue weighted by Gasteiger charge is 2.35. The van der Waals surface area contributed by atoms with E-state index in [1.165, 1.54) is 9.42 Å². The number of hydrogen-bond acceptors (Lipinski definition) is 8. The number of para-hydroxylation sites is 3. The summed E-state index contributed by atoms with van der Waals surface area (Å²) in [6.45, 7) is -0.0693. The van der Waals surface area contributed by atoms with Crippen molar-refractivity contribution in [2.75, 3.05) is 18.1 Å². The summed E-state index contributed by atoms with van der Waals surface area (Å²) in [6.07, 6.45) is -0.567. The summed E-state index contributed by atoms with van der Waals surface area (Å²) in [5.74, 6) is 0.422. The number of rotatable bonds is 3. The van der Waals surface area contributed by atoms with Crippen molar-refractivity contribution in [1.29, 1.82) is 0 Å². The normalized spacial score (nSPS) is 18.6. The molecular formula is C22H15N5O5S. The molecule has 10 nitrogen and oxygen atoms in total. The monoisotopic (exact) mass is 461 g/mol. The van der Waals surface area contributed by atoms with Gasteiger partial charge in [-0.1, -0.05) is 41.7 Å². The van der Waals surface area contributed by atoms with Gasteiger partial charge in [-0.2, -0.15) is 9.50 Å². The second kappa shape index (κ2) is 7.14. The highest BCUT2D eigenvalue weighted by atomic mass is 32.1. The van der Waals surface area contributed by atoms with Crippen molar-refractivity contribution in [1.82, 2.24) is 14.6 Å². The first-order chi connectivity index (χ1) is 16.0. The van der Waals surface area contributed by atoms with Gasteiger partial charge in [-0.05, 0) is 18.2 Å². The molecule has 1 atom stereocenters. The van der Waals surface area contributed by atoms with Crippen LogP contribution in [0.25, 0.3) is 10.5 Å². The van der Waals surface area contributed by atoms with Gasteiger partial charge in [0.25, 0.3) is 11.5 Å². The van der Waals surface area contributed by atoms with Crippen molar-refractivity contribution in [3.63, 3.8) is 0 Å². The number of hydrogen-bond donors (Lipinski definition) is 1. The van der Waals surface area contributed by atoms with Crippen molar-refractivity contribution >= 4 is 39.4 Å². The number of amides is 2. The zero-order chi connectivity index (χ0) is 22.7. The Morgan fingerprint density at radius 1 is 1.12 bits per heavy atom. The molecule has 0 saturated carbocycles. The number of carbonyl (C=O) groups is 2. The minimum atomic E-state index is -0.648. The van der Waals surface area contributed by atoms with E-state index in [-0.39, 0.29) is 23.3 Å². The van der Waals surface area contributed by atoms with Crippen LogP contribution >= 0.6 is 11.3 Å². The van der Waals surface area contributed by atoms with Gasteiger partial charge in [-0.15, -0.1) is 5.10 Å². The lowest BCUT2D eigenvalue weighted by atomic mass is 10.1. The van der Waals surface area contributed by atoms with Crippen molar-refractivity contribution in [2.24, 2.45) is 5.73 Å². The third-order valence-electron chi connectivity index (χ3n) is 5.43. The fraction of sp³-hybridized carbons (Fsp3) is 0.136. The van der Waals surface area contributed by atoms with E-state index in [9.17, 15) is 14.4 Å². The molecule has 11 heteroatoms. The summed E-state index contributed by atoms with van der Waals surface area (Å²) in [5.41, 5.74) is 6.15. The van der Waals surface area contributed by atoms with Crippen molar-refractivity contribution in [3.05, 3.63) is 74.8 Å². The molecule has 2 aliphatic heterocycles. The van der Waals surface area contributed by atoms with Gasteiger partial charge in [0.15, 0.2) is 23.4 Å². The Morgan fingerprint density at radius 2 is 1.88 bits per heavy atom. The van der Waals surface area contributed by atoms with Gasteiger partial charge in [0, 0.05) is 5.56 Å². The lowest BCUT2D eigenvalue weighted by Gasteiger charge is -2.24. The Morgan fingerprint density at radius 3 is 2.67 bits per heavy atom. The van der Waals surface area contributed by atoms with E-state index in [1.807, 2.05) is 18.2 Å². The van der Waals surface area contributed by atoms with Gasteiger partial charge in [0.05, 0.1) is 11.3 Å². The van der Waals surface area contributed by atoms with Gasteiger partial charge in [0.2, 0.25) is 10.9 Å². The minimum absolute atomic E-state index is 0.201. The number of nitrogens with two attached hydrogens (primary N) is 1. The van der Waals surface area contributed by atoms with E-state index in [4.69, 9.17) is 15.2 Å². The molecular weight excluding hydrogens is 446 g/mol. The largest absolute Gasteiger partial charge is 0.485 e. The maximum absolute atomic E-state index is 13.2. The summed E-state index contributed by atoms with van der Waals surface area (Å²) in [6, 6.07) is 14.2. The molecule has 0 unspecified atom stereocenters. The number of fused-ring (bicyclic) bond motifs is 3. The molecule has 164 valence electrons. The van der Waals surface area contributed by atoms with Gasteiger partial charge in [-0.25, -0.2) is 0 Å². The zero-order valence-corrected chi connectivity index (χ0v) is 17.7. The number of primary amides is 1. The molecule has 0 spiro atoms. The van der Waals surface area contributed by atoms with Crippen LogP contribution in [0.2, 0.25) is 0 Å². The predicted molar refractivity (Wildman–Crippen MR) is 118 cm³/mol. The molecule has 2 aromatic heterocycles. The molecule has 0 aliphatic carbocycles. The number of aromatic nitrogens is 3. The molecule has 0 saturated heterocycles. The predicted octanol–water partition coefficient (Wildman–Crippen LogP) is 0.413. The Labute approximate surface area is 189 Å². The van der Waals surface area contributed by atoms with Crippen LogP contribution in [0, 0.1) is 0 Å². The quantitative estimate of drug-likeness (QED) is 0.468. The van der Waals surface area contributed by atoms with Crippen LogP contribution in [0.4, 0.5) is 5.69 Å². The van der Waals surface area contributed by atoms with Gasteiger partial charge in [0.1, 0.15) is 17.7 Å².